The van der Waals surface area contributed by atoms with Crippen molar-refractivity contribution in [1.29, 1.82) is 0 Å². The van der Waals surface area contributed by atoms with E-state index in [2.05, 4.69) is 20.6 Å². The van der Waals surface area contributed by atoms with Gasteiger partial charge in [-0.2, -0.15) is 0 Å². The molecule has 98 valence electrons. The summed E-state index contributed by atoms with van der Waals surface area (Å²) in [5, 5.41) is 18.2. The van der Waals surface area contributed by atoms with Crippen LogP contribution in [0, 0.1) is 6.92 Å². The first-order valence-corrected chi connectivity index (χ1v) is 5.40. The number of anilines is 1. The van der Waals surface area contributed by atoms with Gasteiger partial charge in [0.15, 0.2) is 5.69 Å². The molecule has 2 N–H and O–H groups in total. The van der Waals surface area contributed by atoms with Gasteiger partial charge in [0.05, 0.1) is 6.20 Å². The van der Waals surface area contributed by atoms with E-state index in [4.69, 9.17) is 5.11 Å². The Morgan fingerprint density at radius 1 is 1.42 bits per heavy atom. The van der Waals surface area contributed by atoms with Crippen molar-refractivity contribution in [2.75, 3.05) is 5.32 Å². The lowest BCUT2D eigenvalue weighted by Gasteiger charge is -2.03. The maximum atomic E-state index is 11.7. The lowest BCUT2D eigenvalue weighted by molar-refractivity contribution is -0.117. The largest absolute Gasteiger partial charge is 0.476 e. The highest BCUT2D eigenvalue weighted by Crippen LogP contribution is 2.04. The van der Waals surface area contributed by atoms with Crippen molar-refractivity contribution in [3.63, 3.8) is 0 Å². The Bertz CT molecular complexity index is 605. The first-order valence-electron chi connectivity index (χ1n) is 5.40. The number of aromatic carboxylic acids is 1. The molecule has 2 rings (SSSR count). The van der Waals surface area contributed by atoms with E-state index in [0.717, 1.165) is 10.2 Å². The Morgan fingerprint density at radius 2 is 2.21 bits per heavy atom. The van der Waals surface area contributed by atoms with Crippen LogP contribution in [-0.2, 0) is 11.3 Å². The van der Waals surface area contributed by atoms with Gasteiger partial charge in [0.1, 0.15) is 12.4 Å². The van der Waals surface area contributed by atoms with Crippen LogP contribution < -0.4 is 5.32 Å². The van der Waals surface area contributed by atoms with Crippen LogP contribution in [0.1, 0.15) is 16.1 Å². The van der Waals surface area contributed by atoms with Crippen molar-refractivity contribution < 1.29 is 14.7 Å². The second-order valence-corrected chi connectivity index (χ2v) is 3.88. The van der Waals surface area contributed by atoms with Crippen LogP contribution in [0.2, 0.25) is 0 Å². The van der Waals surface area contributed by atoms with Gasteiger partial charge in [-0.05, 0) is 18.6 Å². The number of hydrogen-bond acceptors (Lipinski definition) is 5. The van der Waals surface area contributed by atoms with Gasteiger partial charge in [-0.1, -0.05) is 11.3 Å². The summed E-state index contributed by atoms with van der Waals surface area (Å²) in [5.41, 5.74) is 0.779. The van der Waals surface area contributed by atoms with Gasteiger partial charge in [0.2, 0.25) is 5.91 Å². The van der Waals surface area contributed by atoms with Crippen LogP contribution in [0.15, 0.2) is 24.5 Å². The van der Waals surface area contributed by atoms with Crippen molar-refractivity contribution in [3.8, 4) is 0 Å². The number of aromatic nitrogens is 4. The fraction of sp³-hybridized carbons (Fsp3) is 0.182. The molecule has 19 heavy (non-hydrogen) atoms. The summed E-state index contributed by atoms with van der Waals surface area (Å²) in [5.74, 6) is -1.13. The van der Waals surface area contributed by atoms with E-state index in [0.29, 0.717) is 5.82 Å². The average molecular weight is 261 g/mol. The molecule has 0 bridgehead atoms. The van der Waals surface area contributed by atoms with E-state index in [9.17, 15) is 9.59 Å². The van der Waals surface area contributed by atoms with E-state index < -0.39 is 5.97 Å². The molecule has 0 saturated heterocycles. The number of rotatable bonds is 4. The third kappa shape index (κ3) is 3.35. The van der Waals surface area contributed by atoms with Gasteiger partial charge in [-0.15, -0.1) is 5.10 Å². The van der Waals surface area contributed by atoms with Crippen molar-refractivity contribution in [2.24, 2.45) is 0 Å². The van der Waals surface area contributed by atoms with Gasteiger partial charge in [0.25, 0.3) is 0 Å². The minimum absolute atomic E-state index is 0.129. The van der Waals surface area contributed by atoms with Gasteiger partial charge in [-0.25, -0.2) is 14.5 Å². The number of carboxylic acid groups (broad SMARTS) is 1. The number of amides is 1. The second-order valence-electron chi connectivity index (χ2n) is 3.88. The van der Waals surface area contributed by atoms with Crippen LogP contribution in [-0.4, -0.2) is 37.0 Å². The SMILES string of the molecule is Cc1ccc(NC(=O)Cn2cc(C(=O)O)nn2)nc1. The Labute approximate surface area is 108 Å². The maximum absolute atomic E-state index is 11.7. The molecular formula is C11H11N5O3. The molecule has 0 spiro atoms. The first-order chi connectivity index (χ1) is 9.04. The highest BCUT2D eigenvalue weighted by molar-refractivity contribution is 5.89. The van der Waals surface area contributed by atoms with Gasteiger partial charge in [-0.3, -0.25) is 4.79 Å². The molecule has 8 nitrogen and oxygen atoms in total. The molecule has 2 heterocycles. The zero-order chi connectivity index (χ0) is 13.8. The maximum Gasteiger partial charge on any atom is 0.358 e. The minimum Gasteiger partial charge on any atom is -0.476 e. The molecule has 2 aromatic heterocycles. The number of carboxylic acids is 1. The zero-order valence-electron chi connectivity index (χ0n) is 10.1. The van der Waals surface area contributed by atoms with Crippen molar-refractivity contribution in [3.05, 3.63) is 35.8 Å². The number of pyridine rings is 1. The second kappa shape index (κ2) is 5.25. The third-order valence-electron chi connectivity index (χ3n) is 2.24. The van der Waals surface area contributed by atoms with Crippen LogP contribution in [0.4, 0.5) is 5.82 Å². The third-order valence-corrected chi connectivity index (χ3v) is 2.24. The first kappa shape index (κ1) is 12.7. The number of aryl methyl sites for hydroxylation is 1. The molecule has 0 aliphatic heterocycles. The predicted octanol–water partition coefficient (Wildman–Crippen LogP) is 0.318. The molecule has 0 radical (unpaired) electrons. The molecule has 0 aliphatic carbocycles. The Morgan fingerprint density at radius 3 is 2.79 bits per heavy atom. The highest BCUT2D eigenvalue weighted by atomic mass is 16.4. The topological polar surface area (TPSA) is 110 Å². The van der Waals surface area contributed by atoms with Crippen LogP contribution >= 0.6 is 0 Å². The van der Waals surface area contributed by atoms with E-state index in [-0.39, 0.29) is 18.1 Å². The molecular weight excluding hydrogens is 250 g/mol. The molecule has 1 amide bonds. The summed E-state index contributed by atoms with van der Waals surface area (Å²) in [7, 11) is 0. The quantitative estimate of drug-likeness (QED) is 0.820. The molecule has 0 aromatic carbocycles. The molecule has 0 atom stereocenters. The standard InChI is InChI=1S/C11H11N5O3/c1-7-2-3-9(12-4-7)13-10(17)6-16-5-8(11(18)19)14-15-16/h2-5H,6H2,1H3,(H,18,19)(H,12,13,17). The number of nitrogens with zero attached hydrogens (tertiary/aromatic N) is 4. The summed E-state index contributed by atoms with van der Waals surface area (Å²) >= 11 is 0. The van der Waals surface area contributed by atoms with E-state index >= 15 is 0 Å². The molecule has 0 unspecified atom stereocenters. The fourth-order valence-electron chi connectivity index (χ4n) is 1.34. The monoisotopic (exact) mass is 261 g/mol. The van der Waals surface area contributed by atoms with E-state index in [1.807, 2.05) is 13.0 Å². The highest BCUT2D eigenvalue weighted by Gasteiger charge is 2.10. The lowest BCUT2D eigenvalue weighted by Crippen LogP contribution is -2.19. The van der Waals surface area contributed by atoms with E-state index in [1.165, 1.54) is 6.20 Å². The predicted molar refractivity (Wildman–Crippen MR) is 64.6 cm³/mol. The molecule has 0 saturated carbocycles. The summed E-state index contributed by atoms with van der Waals surface area (Å²) in [6.07, 6.45) is 2.82. The number of carbonyl (C=O) groups is 2. The van der Waals surface area contributed by atoms with E-state index in [1.54, 1.807) is 12.3 Å². The average Bonchev–Trinajstić information content (AvgIpc) is 2.80. The molecule has 2 aromatic rings. The van der Waals surface area contributed by atoms with Crippen molar-refractivity contribution in [2.45, 2.75) is 13.5 Å². The van der Waals surface area contributed by atoms with Crippen LogP contribution in [0.25, 0.3) is 0 Å². The summed E-state index contributed by atoms with van der Waals surface area (Å²) < 4.78 is 1.15. The normalized spacial score (nSPS) is 10.2. The molecule has 0 aliphatic rings. The van der Waals surface area contributed by atoms with Gasteiger partial charge < -0.3 is 10.4 Å². The van der Waals surface area contributed by atoms with Crippen molar-refractivity contribution >= 4 is 17.7 Å². The Balaban J connectivity index is 1.97. The van der Waals surface area contributed by atoms with Crippen LogP contribution in [0.5, 0.6) is 0 Å². The number of hydrogen-bond donors (Lipinski definition) is 2. The molecule has 0 fully saturated rings. The van der Waals surface area contributed by atoms with Crippen molar-refractivity contribution in [1.82, 2.24) is 20.0 Å². The summed E-state index contributed by atoms with van der Waals surface area (Å²) in [6, 6.07) is 3.50. The van der Waals surface area contributed by atoms with Gasteiger partial charge in [0, 0.05) is 6.20 Å². The number of nitrogens with one attached hydrogen (secondary N) is 1. The lowest BCUT2D eigenvalue weighted by atomic mass is 10.3. The van der Waals surface area contributed by atoms with Gasteiger partial charge >= 0.3 is 5.97 Å². The summed E-state index contributed by atoms with van der Waals surface area (Å²) in [4.78, 5) is 26.3. The molecule has 8 heteroatoms. The Hall–Kier alpha value is -2.77. The zero-order valence-corrected chi connectivity index (χ0v) is 10.1. The fourth-order valence-corrected chi connectivity index (χ4v) is 1.34. The number of carbonyl (C=O) groups excluding carboxylic acids is 1. The minimum atomic E-state index is -1.19. The smallest absolute Gasteiger partial charge is 0.358 e. The van der Waals surface area contributed by atoms with Crippen LogP contribution in [0.3, 0.4) is 0 Å². The summed E-state index contributed by atoms with van der Waals surface area (Å²) in [6.45, 7) is 1.76. The Kier molecular flexibility index (Phi) is 3.51.